The summed E-state index contributed by atoms with van der Waals surface area (Å²) >= 11 is 0. The first-order valence-electron chi connectivity index (χ1n) is 2.51. The molecule has 0 rings (SSSR count). The predicted octanol–water partition coefficient (Wildman–Crippen LogP) is 0.360. The van der Waals surface area contributed by atoms with Crippen LogP contribution in [0.15, 0.2) is 24.9 Å². The third kappa shape index (κ3) is 6.75. The lowest BCUT2D eigenvalue weighted by molar-refractivity contribution is -0.131. The Morgan fingerprint density at radius 1 is 1.78 bits per heavy atom. The van der Waals surface area contributed by atoms with Gasteiger partial charge in [-0.1, -0.05) is 6.08 Å². The number of carbonyl (C=O) groups is 1. The SMILES string of the molecule is C=CCN/C=C\C(=O)O. The van der Waals surface area contributed by atoms with Gasteiger partial charge in [-0.15, -0.1) is 6.58 Å². The lowest BCUT2D eigenvalue weighted by Gasteiger charge is -1.88. The van der Waals surface area contributed by atoms with Crippen LogP contribution in [0.25, 0.3) is 0 Å². The van der Waals surface area contributed by atoms with E-state index >= 15 is 0 Å². The molecule has 0 aliphatic carbocycles. The Morgan fingerprint density at radius 2 is 2.44 bits per heavy atom. The Kier molecular flexibility index (Phi) is 4.22. The van der Waals surface area contributed by atoms with Crippen molar-refractivity contribution in [3.05, 3.63) is 24.9 Å². The second-order valence-corrected chi connectivity index (χ2v) is 1.37. The summed E-state index contributed by atoms with van der Waals surface area (Å²) in [5.41, 5.74) is 0. The Morgan fingerprint density at radius 3 is 2.89 bits per heavy atom. The molecule has 3 nitrogen and oxygen atoms in total. The van der Waals surface area contributed by atoms with Gasteiger partial charge >= 0.3 is 5.97 Å². The summed E-state index contributed by atoms with van der Waals surface area (Å²) in [5, 5.41) is 10.7. The standard InChI is InChI=1S/C6H9NO2/c1-2-4-7-5-3-6(8)9/h2-3,5,7H,1,4H2,(H,8,9)/b5-3-. The zero-order valence-corrected chi connectivity index (χ0v) is 5.00. The third-order valence-electron chi connectivity index (χ3n) is 0.606. The van der Waals surface area contributed by atoms with Gasteiger partial charge in [0.1, 0.15) is 0 Å². The fraction of sp³-hybridized carbons (Fsp3) is 0.167. The van der Waals surface area contributed by atoms with Gasteiger partial charge in [-0.2, -0.15) is 0 Å². The topological polar surface area (TPSA) is 49.3 Å². The summed E-state index contributed by atoms with van der Waals surface area (Å²) < 4.78 is 0. The monoisotopic (exact) mass is 127 g/mol. The minimum absolute atomic E-state index is 0.587. The molecule has 0 fully saturated rings. The molecule has 0 spiro atoms. The van der Waals surface area contributed by atoms with Gasteiger partial charge < -0.3 is 10.4 Å². The van der Waals surface area contributed by atoms with E-state index in [4.69, 9.17) is 5.11 Å². The van der Waals surface area contributed by atoms with Crippen LogP contribution in [0.4, 0.5) is 0 Å². The minimum atomic E-state index is -0.952. The van der Waals surface area contributed by atoms with Gasteiger partial charge in [-0.05, 0) is 0 Å². The molecule has 0 aromatic heterocycles. The van der Waals surface area contributed by atoms with Gasteiger partial charge in [-0.3, -0.25) is 0 Å². The molecule has 0 heterocycles. The number of hydrogen-bond donors (Lipinski definition) is 2. The molecule has 0 aromatic rings. The van der Waals surface area contributed by atoms with Crippen molar-refractivity contribution in [1.29, 1.82) is 0 Å². The predicted molar refractivity (Wildman–Crippen MR) is 35.0 cm³/mol. The summed E-state index contributed by atoms with van der Waals surface area (Å²) in [6, 6.07) is 0. The second-order valence-electron chi connectivity index (χ2n) is 1.37. The zero-order chi connectivity index (χ0) is 7.11. The molecular formula is C6H9NO2. The van der Waals surface area contributed by atoms with Crippen molar-refractivity contribution in [3.8, 4) is 0 Å². The van der Waals surface area contributed by atoms with Gasteiger partial charge in [0, 0.05) is 18.8 Å². The highest BCUT2D eigenvalue weighted by Gasteiger charge is 1.80. The lowest BCUT2D eigenvalue weighted by atomic mass is 10.6. The number of aliphatic carboxylic acids is 1. The van der Waals surface area contributed by atoms with Crippen LogP contribution in [0, 0.1) is 0 Å². The normalized spacial score (nSPS) is 9.33. The molecule has 0 saturated carbocycles. The van der Waals surface area contributed by atoms with Crippen LogP contribution in [-0.2, 0) is 4.79 Å². The third-order valence-corrected chi connectivity index (χ3v) is 0.606. The maximum atomic E-state index is 9.81. The van der Waals surface area contributed by atoms with Crippen LogP contribution in [0.5, 0.6) is 0 Å². The van der Waals surface area contributed by atoms with Gasteiger partial charge in [0.05, 0.1) is 0 Å². The molecule has 0 aliphatic rings. The Labute approximate surface area is 53.7 Å². The largest absolute Gasteiger partial charge is 0.478 e. The average molecular weight is 127 g/mol. The number of hydrogen-bond acceptors (Lipinski definition) is 2. The average Bonchev–Trinajstić information content (AvgIpc) is 1.80. The second kappa shape index (κ2) is 4.90. The molecule has 3 heteroatoms. The first-order valence-corrected chi connectivity index (χ1v) is 2.51. The van der Waals surface area contributed by atoms with E-state index in [2.05, 4.69) is 11.9 Å². The summed E-state index contributed by atoms with van der Waals surface area (Å²) in [6.07, 6.45) is 4.04. The van der Waals surface area contributed by atoms with Crippen molar-refractivity contribution in [1.82, 2.24) is 5.32 Å². The maximum Gasteiger partial charge on any atom is 0.329 e. The van der Waals surface area contributed by atoms with Crippen LogP contribution >= 0.6 is 0 Å². The molecule has 0 bridgehead atoms. The fourth-order valence-corrected chi connectivity index (χ4v) is 0.282. The maximum absolute atomic E-state index is 9.81. The Balaban J connectivity index is 3.24. The molecular weight excluding hydrogens is 118 g/mol. The van der Waals surface area contributed by atoms with Gasteiger partial charge in [0.2, 0.25) is 0 Å². The molecule has 2 N–H and O–H groups in total. The summed E-state index contributed by atoms with van der Waals surface area (Å²) in [6.45, 7) is 4.02. The first-order chi connectivity index (χ1) is 4.27. The van der Waals surface area contributed by atoms with E-state index in [-0.39, 0.29) is 0 Å². The van der Waals surface area contributed by atoms with Crippen molar-refractivity contribution in [2.75, 3.05) is 6.54 Å². The molecule has 0 unspecified atom stereocenters. The van der Waals surface area contributed by atoms with Crippen LogP contribution in [0.2, 0.25) is 0 Å². The lowest BCUT2D eigenvalue weighted by Crippen LogP contribution is -2.04. The van der Waals surface area contributed by atoms with Gasteiger partial charge in [-0.25, -0.2) is 4.79 Å². The summed E-state index contributed by atoms with van der Waals surface area (Å²) in [7, 11) is 0. The van der Waals surface area contributed by atoms with Crippen molar-refractivity contribution in [3.63, 3.8) is 0 Å². The van der Waals surface area contributed by atoms with E-state index in [1.54, 1.807) is 6.08 Å². The fourth-order valence-electron chi connectivity index (χ4n) is 0.282. The molecule has 0 aromatic carbocycles. The highest BCUT2D eigenvalue weighted by atomic mass is 16.4. The van der Waals surface area contributed by atoms with E-state index < -0.39 is 5.97 Å². The number of rotatable bonds is 4. The molecule has 0 radical (unpaired) electrons. The van der Waals surface area contributed by atoms with Crippen molar-refractivity contribution in [2.24, 2.45) is 0 Å². The van der Waals surface area contributed by atoms with Crippen molar-refractivity contribution < 1.29 is 9.90 Å². The molecule has 0 atom stereocenters. The molecule has 0 amide bonds. The van der Waals surface area contributed by atoms with Gasteiger partial charge in [0.25, 0.3) is 0 Å². The number of carboxylic acid groups (broad SMARTS) is 1. The molecule has 50 valence electrons. The van der Waals surface area contributed by atoms with Crippen LogP contribution in [0.3, 0.4) is 0 Å². The minimum Gasteiger partial charge on any atom is -0.478 e. The quantitative estimate of drug-likeness (QED) is 0.325. The summed E-state index contributed by atoms with van der Waals surface area (Å²) in [5.74, 6) is -0.952. The van der Waals surface area contributed by atoms with E-state index in [1.807, 2.05) is 0 Å². The first kappa shape index (κ1) is 7.75. The Bertz CT molecular complexity index is 129. The van der Waals surface area contributed by atoms with Gasteiger partial charge in [0.15, 0.2) is 0 Å². The molecule has 9 heavy (non-hydrogen) atoms. The zero-order valence-electron chi connectivity index (χ0n) is 5.00. The highest BCUT2D eigenvalue weighted by Crippen LogP contribution is 1.67. The van der Waals surface area contributed by atoms with E-state index in [9.17, 15) is 4.79 Å². The van der Waals surface area contributed by atoms with E-state index in [1.165, 1.54) is 6.20 Å². The van der Waals surface area contributed by atoms with Crippen LogP contribution < -0.4 is 5.32 Å². The number of nitrogens with one attached hydrogen (secondary N) is 1. The smallest absolute Gasteiger partial charge is 0.329 e. The highest BCUT2D eigenvalue weighted by molar-refractivity contribution is 5.79. The number of carboxylic acids is 1. The molecule has 0 saturated heterocycles. The van der Waals surface area contributed by atoms with Crippen molar-refractivity contribution >= 4 is 5.97 Å². The molecule has 0 aliphatic heterocycles. The van der Waals surface area contributed by atoms with Crippen molar-refractivity contribution in [2.45, 2.75) is 0 Å². The summed E-state index contributed by atoms with van der Waals surface area (Å²) in [4.78, 5) is 9.81. The van der Waals surface area contributed by atoms with E-state index in [0.717, 1.165) is 6.08 Å². The Hall–Kier alpha value is -1.25. The van der Waals surface area contributed by atoms with Crippen LogP contribution in [-0.4, -0.2) is 17.6 Å². The van der Waals surface area contributed by atoms with E-state index in [0.29, 0.717) is 6.54 Å². The van der Waals surface area contributed by atoms with Crippen LogP contribution in [0.1, 0.15) is 0 Å².